The molecule has 1 amide bonds. The van der Waals surface area contributed by atoms with Gasteiger partial charge in [0.15, 0.2) is 0 Å². The zero-order valence-corrected chi connectivity index (χ0v) is 13.2. The molecule has 2 fully saturated rings. The maximum atomic E-state index is 12.8. The van der Waals surface area contributed by atoms with Crippen LogP contribution in [0.15, 0.2) is 30.3 Å². The molecule has 0 bridgehead atoms. The summed E-state index contributed by atoms with van der Waals surface area (Å²) in [7, 11) is 2.20. The standard InChI is InChI=1S/C18H26N2O/c1-3-20-14-18(9-11-19(2)12-10-18)13-16(17(20)21)15-7-5-4-6-8-15/h4-8,16H,3,9-14H2,1-2H3/t16-/m1/s1. The van der Waals surface area contributed by atoms with Crippen molar-refractivity contribution in [2.24, 2.45) is 5.41 Å². The molecule has 0 N–H and O–H groups in total. The summed E-state index contributed by atoms with van der Waals surface area (Å²) in [5.41, 5.74) is 1.52. The Morgan fingerprint density at radius 3 is 2.48 bits per heavy atom. The van der Waals surface area contributed by atoms with Crippen molar-refractivity contribution >= 4 is 5.91 Å². The monoisotopic (exact) mass is 286 g/mol. The number of carbonyl (C=O) groups excluding carboxylic acids is 1. The predicted octanol–water partition coefficient (Wildman–Crippen LogP) is 2.73. The van der Waals surface area contributed by atoms with E-state index in [1.807, 2.05) is 6.07 Å². The van der Waals surface area contributed by atoms with Gasteiger partial charge in [-0.25, -0.2) is 0 Å². The minimum atomic E-state index is 0.0586. The van der Waals surface area contributed by atoms with E-state index in [0.29, 0.717) is 11.3 Å². The summed E-state index contributed by atoms with van der Waals surface area (Å²) < 4.78 is 0. The van der Waals surface area contributed by atoms with Gasteiger partial charge < -0.3 is 9.80 Å². The fourth-order valence-electron chi connectivity index (χ4n) is 3.96. The number of rotatable bonds is 2. The molecule has 2 saturated heterocycles. The van der Waals surface area contributed by atoms with Gasteiger partial charge in [-0.3, -0.25) is 4.79 Å². The molecule has 2 aliphatic rings. The summed E-state index contributed by atoms with van der Waals surface area (Å²) in [6.45, 7) is 6.22. The zero-order chi connectivity index (χ0) is 14.9. The highest BCUT2D eigenvalue weighted by Crippen LogP contribution is 2.45. The zero-order valence-electron chi connectivity index (χ0n) is 13.2. The Hall–Kier alpha value is -1.35. The first-order valence-corrected chi connectivity index (χ1v) is 8.16. The van der Waals surface area contributed by atoms with Crippen molar-refractivity contribution in [1.82, 2.24) is 9.80 Å². The maximum Gasteiger partial charge on any atom is 0.230 e. The number of nitrogens with zero attached hydrogens (tertiary/aromatic N) is 2. The number of benzene rings is 1. The van der Waals surface area contributed by atoms with E-state index in [9.17, 15) is 4.79 Å². The summed E-state index contributed by atoms with van der Waals surface area (Å²) in [4.78, 5) is 17.3. The minimum absolute atomic E-state index is 0.0586. The third-order valence-corrected chi connectivity index (χ3v) is 5.40. The average molecular weight is 286 g/mol. The molecule has 1 aromatic carbocycles. The molecule has 3 rings (SSSR count). The number of carbonyl (C=O) groups is 1. The van der Waals surface area contributed by atoms with Crippen LogP contribution in [-0.4, -0.2) is 48.9 Å². The lowest BCUT2D eigenvalue weighted by molar-refractivity contribution is -0.141. The molecular weight excluding hydrogens is 260 g/mol. The molecule has 2 heterocycles. The van der Waals surface area contributed by atoms with Crippen LogP contribution in [0.3, 0.4) is 0 Å². The van der Waals surface area contributed by atoms with E-state index in [4.69, 9.17) is 0 Å². The Bertz CT molecular complexity index is 491. The summed E-state index contributed by atoms with van der Waals surface area (Å²) in [6.07, 6.45) is 3.47. The molecule has 114 valence electrons. The SMILES string of the molecule is CCN1CC2(CCN(C)CC2)C[C@H](c2ccccc2)C1=O. The molecule has 0 saturated carbocycles. The van der Waals surface area contributed by atoms with Gasteiger partial charge in [0, 0.05) is 13.1 Å². The lowest BCUT2D eigenvalue weighted by Crippen LogP contribution is -2.53. The van der Waals surface area contributed by atoms with Crippen LogP contribution in [0, 0.1) is 5.41 Å². The molecule has 1 aromatic rings. The van der Waals surface area contributed by atoms with Crippen LogP contribution in [0.5, 0.6) is 0 Å². The number of piperidine rings is 2. The molecule has 1 spiro atoms. The summed E-state index contributed by atoms with van der Waals surface area (Å²) in [5.74, 6) is 0.386. The number of likely N-dealkylation sites (tertiary alicyclic amines) is 2. The summed E-state index contributed by atoms with van der Waals surface area (Å²) in [5, 5.41) is 0. The summed E-state index contributed by atoms with van der Waals surface area (Å²) >= 11 is 0. The second kappa shape index (κ2) is 5.80. The largest absolute Gasteiger partial charge is 0.342 e. The lowest BCUT2D eigenvalue weighted by Gasteiger charge is -2.49. The highest BCUT2D eigenvalue weighted by Gasteiger charge is 2.45. The Morgan fingerprint density at radius 2 is 1.86 bits per heavy atom. The van der Waals surface area contributed by atoms with Crippen LogP contribution < -0.4 is 0 Å². The van der Waals surface area contributed by atoms with Crippen LogP contribution in [0.4, 0.5) is 0 Å². The third kappa shape index (κ3) is 2.84. The van der Waals surface area contributed by atoms with Crippen molar-refractivity contribution in [3.05, 3.63) is 35.9 Å². The smallest absolute Gasteiger partial charge is 0.230 e. The Morgan fingerprint density at radius 1 is 1.19 bits per heavy atom. The number of likely N-dealkylation sites (N-methyl/N-ethyl adjacent to an activating group) is 1. The number of hydrogen-bond acceptors (Lipinski definition) is 2. The normalized spacial score (nSPS) is 26.3. The third-order valence-electron chi connectivity index (χ3n) is 5.40. The van der Waals surface area contributed by atoms with E-state index >= 15 is 0 Å². The molecule has 21 heavy (non-hydrogen) atoms. The van der Waals surface area contributed by atoms with E-state index < -0.39 is 0 Å². The predicted molar refractivity (Wildman–Crippen MR) is 85.2 cm³/mol. The van der Waals surface area contributed by atoms with Gasteiger partial charge >= 0.3 is 0 Å². The van der Waals surface area contributed by atoms with Gasteiger partial charge in [0.05, 0.1) is 5.92 Å². The van der Waals surface area contributed by atoms with Crippen molar-refractivity contribution in [1.29, 1.82) is 0 Å². The van der Waals surface area contributed by atoms with Crippen LogP contribution in [-0.2, 0) is 4.79 Å². The molecular formula is C18H26N2O. The fourth-order valence-corrected chi connectivity index (χ4v) is 3.96. The maximum absolute atomic E-state index is 12.8. The molecule has 3 nitrogen and oxygen atoms in total. The lowest BCUT2D eigenvalue weighted by atomic mass is 9.67. The molecule has 2 aliphatic heterocycles. The molecule has 0 aliphatic carbocycles. The van der Waals surface area contributed by atoms with Gasteiger partial charge in [-0.05, 0) is 57.3 Å². The summed E-state index contributed by atoms with van der Waals surface area (Å²) in [6, 6.07) is 10.4. The Balaban J connectivity index is 1.87. The van der Waals surface area contributed by atoms with Crippen molar-refractivity contribution in [2.45, 2.75) is 32.1 Å². The van der Waals surface area contributed by atoms with Crippen LogP contribution in [0.1, 0.15) is 37.7 Å². The van der Waals surface area contributed by atoms with Crippen LogP contribution in [0.2, 0.25) is 0 Å². The molecule has 1 atom stereocenters. The minimum Gasteiger partial charge on any atom is -0.342 e. The van der Waals surface area contributed by atoms with E-state index in [0.717, 1.165) is 32.6 Å². The molecule has 3 heteroatoms. The van der Waals surface area contributed by atoms with Gasteiger partial charge in [0.25, 0.3) is 0 Å². The first kappa shape index (κ1) is 14.6. The second-order valence-corrected chi connectivity index (χ2v) is 6.82. The van der Waals surface area contributed by atoms with Crippen LogP contribution in [0.25, 0.3) is 0 Å². The topological polar surface area (TPSA) is 23.6 Å². The highest BCUT2D eigenvalue weighted by molar-refractivity contribution is 5.84. The van der Waals surface area contributed by atoms with Crippen molar-refractivity contribution in [3.63, 3.8) is 0 Å². The van der Waals surface area contributed by atoms with Gasteiger partial charge in [0.1, 0.15) is 0 Å². The van der Waals surface area contributed by atoms with Crippen molar-refractivity contribution in [3.8, 4) is 0 Å². The average Bonchev–Trinajstić information content (AvgIpc) is 2.53. The highest BCUT2D eigenvalue weighted by atomic mass is 16.2. The second-order valence-electron chi connectivity index (χ2n) is 6.82. The molecule has 0 radical (unpaired) electrons. The van der Waals surface area contributed by atoms with E-state index in [1.165, 1.54) is 18.4 Å². The number of amides is 1. The Kier molecular flexibility index (Phi) is 4.03. The van der Waals surface area contributed by atoms with E-state index in [-0.39, 0.29) is 5.92 Å². The van der Waals surface area contributed by atoms with E-state index in [1.54, 1.807) is 0 Å². The quantitative estimate of drug-likeness (QED) is 0.834. The van der Waals surface area contributed by atoms with Gasteiger partial charge in [-0.1, -0.05) is 30.3 Å². The van der Waals surface area contributed by atoms with Crippen LogP contribution >= 0.6 is 0 Å². The van der Waals surface area contributed by atoms with Crippen molar-refractivity contribution in [2.75, 3.05) is 33.2 Å². The van der Waals surface area contributed by atoms with Crippen molar-refractivity contribution < 1.29 is 4.79 Å². The molecule has 0 unspecified atom stereocenters. The molecule has 0 aromatic heterocycles. The van der Waals surface area contributed by atoms with Gasteiger partial charge in [-0.15, -0.1) is 0 Å². The van der Waals surface area contributed by atoms with E-state index in [2.05, 4.69) is 48.0 Å². The first-order valence-electron chi connectivity index (χ1n) is 8.16. The fraction of sp³-hybridized carbons (Fsp3) is 0.611. The van der Waals surface area contributed by atoms with Gasteiger partial charge in [0.2, 0.25) is 5.91 Å². The van der Waals surface area contributed by atoms with Gasteiger partial charge in [-0.2, -0.15) is 0 Å². The first-order chi connectivity index (χ1) is 10.1. The number of hydrogen-bond donors (Lipinski definition) is 0. The Labute approximate surface area is 127 Å².